The molecule has 1 aromatic carbocycles. The average molecular weight is 486 g/mol. The van der Waals surface area contributed by atoms with E-state index in [0.717, 1.165) is 5.56 Å². The second-order valence-electron chi connectivity index (χ2n) is 8.04. The Morgan fingerprint density at radius 3 is 2.85 bits per heavy atom. The normalized spacial score (nSPS) is 17.2. The zero-order valence-electron chi connectivity index (χ0n) is 19.1. The number of nitrogens with zero attached hydrogens (tertiary/aromatic N) is 2. The number of nitrogens with one attached hydrogen (secondary N) is 1. The van der Waals surface area contributed by atoms with E-state index in [9.17, 15) is 13.2 Å². The molecule has 1 aliphatic rings. The number of ether oxygens (including phenoxy) is 1. The first-order valence-corrected chi connectivity index (χ1v) is 12.4. The van der Waals surface area contributed by atoms with E-state index in [4.69, 9.17) is 13.7 Å². The number of aryl methyl sites for hydroxylation is 1. The Hall–Kier alpha value is -3.37. The van der Waals surface area contributed by atoms with Gasteiger partial charge in [0.05, 0.1) is 19.3 Å². The molecular weight excluding hydrogens is 458 g/mol. The first-order valence-electron chi connectivity index (χ1n) is 11.0. The van der Waals surface area contributed by atoms with Crippen molar-refractivity contribution in [2.24, 2.45) is 5.92 Å². The highest BCUT2D eigenvalue weighted by molar-refractivity contribution is 7.89. The molecule has 1 aliphatic heterocycles. The average Bonchev–Trinajstić information content (AvgIpc) is 3.51. The largest absolute Gasteiger partial charge is 0.496 e. The Kier molecular flexibility index (Phi) is 7.18. The monoisotopic (exact) mass is 485 g/mol. The molecule has 1 atom stereocenters. The van der Waals surface area contributed by atoms with Crippen molar-refractivity contribution >= 4 is 28.1 Å². The quantitative estimate of drug-likeness (QED) is 0.519. The van der Waals surface area contributed by atoms with E-state index in [1.807, 2.05) is 24.3 Å². The van der Waals surface area contributed by atoms with Gasteiger partial charge in [-0.3, -0.25) is 4.79 Å². The van der Waals surface area contributed by atoms with Gasteiger partial charge in [0.2, 0.25) is 15.9 Å². The number of methoxy groups -OCH3 is 1. The first-order chi connectivity index (χ1) is 16.4. The van der Waals surface area contributed by atoms with E-state index in [0.29, 0.717) is 37.4 Å². The lowest BCUT2D eigenvalue weighted by atomic mass is 9.98. The van der Waals surface area contributed by atoms with Crippen molar-refractivity contribution in [3.8, 4) is 5.75 Å². The molecule has 34 heavy (non-hydrogen) atoms. The molecule has 3 aromatic rings. The SMILES string of the molecule is COc1ccccc1CNC(=O)[C@H]1CCCN(S(=O)(=O)c2c(C)noc2/C=C/c2ccco2)C1. The number of hydrogen-bond donors (Lipinski definition) is 1. The maximum Gasteiger partial charge on any atom is 0.248 e. The summed E-state index contributed by atoms with van der Waals surface area (Å²) in [5.74, 6) is 0.721. The predicted octanol–water partition coefficient (Wildman–Crippen LogP) is 3.47. The van der Waals surface area contributed by atoms with Gasteiger partial charge in [0.1, 0.15) is 17.2 Å². The Labute approximate surface area is 198 Å². The lowest BCUT2D eigenvalue weighted by molar-refractivity contribution is -0.126. The number of furan rings is 1. The van der Waals surface area contributed by atoms with Crippen LogP contribution in [0.15, 0.2) is 56.5 Å². The van der Waals surface area contributed by atoms with Gasteiger partial charge in [-0.25, -0.2) is 8.42 Å². The number of benzene rings is 1. The summed E-state index contributed by atoms with van der Waals surface area (Å²) in [7, 11) is -2.34. The maximum absolute atomic E-state index is 13.5. The number of amides is 1. The predicted molar refractivity (Wildman–Crippen MR) is 125 cm³/mol. The fourth-order valence-corrected chi connectivity index (χ4v) is 5.80. The highest BCUT2D eigenvalue weighted by Crippen LogP contribution is 2.29. The highest BCUT2D eigenvalue weighted by atomic mass is 32.2. The Balaban J connectivity index is 1.47. The van der Waals surface area contributed by atoms with Gasteiger partial charge in [-0.15, -0.1) is 0 Å². The van der Waals surface area contributed by atoms with Crippen LogP contribution >= 0.6 is 0 Å². The molecule has 0 spiro atoms. The van der Waals surface area contributed by atoms with Crippen molar-refractivity contribution in [2.75, 3.05) is 20.2 Å². The number of piperidine rings is 1. The molecule has 1 amide bonds. The van der Waals surface area contributed by atoms with Gasteiger partial charge in [-0.1, -0.05) is 23.4 Å². The standard InChI is InChI=1S/C24H27N3O6S/c1-17-23(22(33-26-17)12-11-20-9-6-14-32-20)34(29,30)27-13-5-8-19(16-27)24(28)25-15-18-7-3-4-10-21(18)31-2/h3-4,6-7,9-12,14,19H,5,8,13,15-16H2,1-2H3,(H,25,28)/b12-11+/t19-/m0/s1. The molecule has 3 heterocycles. The Morgan fingerprint density at radius 1 is 1.26 bits per heavy atom. The van der Waals surface area contributed by atoms with Gasteiger partial charge in [0, 0.05) is 25.2 Å². The van der Waals surface area contributed by atoms with Crippen LogP contribution in [0.1, 0.15) is 35.6 Å². The zero-order chi connectivity index (χ0) is 24.1. The summed E-state index contributed by atoms with van der Waals surface area (Å²) in [6, 6.07) is 10.9. The second-order valence-corrected chi connectivity index (χ2v) is 9.92. The van der Waals surface area contributed by atoms with Crippen LogP contribution in [0.25, 0.3) is 12.2 Å². The van der Waals surface area contributed by atoms with Crippen molar-refractivity contribution in [3.05, 3.63) is 65.4 Å². The van der Waals surface area contributed by atoms with Crippen molar-refractivity contribution in [3.63, 3.8) is 0 Å². The number of aromatic nitrogens is 1. The molecule has 1 fully saturated rings. The molecule has 0 unspecified atom stereocenters. The van der Waals surface area contributed by atoms with Crippen molar-refractivity contribution < 1.29 is 26.9 Å². The number of hydrogen-bond acceptors (Lipinski definition) is 7. The van der Waals surface area contributed by atoms with E-state index < -0.39 is 15.9 Å². The van der Waals surface area contributed by atoms with E-state index in [-0.39, 0.29) is 28.8 Å². The van der Waals surface area contributed by atoms with Crippen LogP contribution in [0.4, 0.5) is 0 Å². The van der Waals surface area contributed by atoms with Gasteiger partial charge in [0.25, 0.3) is 0 Å². The van der Waals surface area contributed by atoms with E-state index in [1.165, 1.54) is 16.6 Å². The summed E-state index contributed by atoms with van der Waals surface area (Å²) in [5.41, 5.74) is 1.12. The molecule has 180 valence electrons. The Morgan fingerprint density at radius 2 is 2.09 bits per heavy atom. The van der Waals surface area contributed by atoms with E-state index in [2.05, 4.69) is 10.5 Å². The summed E-state index contributed by atoms with van der Waals surface area (Å²) < 4.78 is 44.2. The highest BCUT2D eigenvalue weighted by Gasteiger charge is 2.36. The maximum atomic E-state index is 13.5. The molecule has 1 N–H and O–H groups in total. The number of carbonyl (C=O) groups is 1. The van der Waals surface area contributed by atoms with Crippen LogP contribution in [0.5, 0.6) is 5.75 Å². The van der Waals surface area contributed by atoms with Crippen molar-refractivity contribution in [1.82, 2.24) is 14.8 Å². The summed E-state index contributed by atoms with van der Waals surface area (Å²) in [6.45, 7) is 2.30. The van der Waals surface area contributed by atoms with Crippen LogP contribution in [-0.4, -0.2) is 44.0 Å². The molecule has 4 rings (SSSR count). The van der Waals surface area contributed by atoms with Crippen LogP contribution in [-0.2, 0) is 21.4 Å². The summed E-state index contributed by atoms with van der Waals surface area (Å²) in [5, 5.41) is 6.77. The molecule has 0 radical (unpaired) electrons. The molecule has 10 heteroatoms. The minimum Gasteiger partial charge on any atom is -0.496 e. The van der Waals surface area contributed by atoms with E-state index >= 15 is 0 Å². The Bertz CT molecular complexity index is 1260. The fourth-order valence-electron chi connectivity index (χ4n) is 4.02. The molecule has 0 saturated carbocycles. The summed E-state index contributed by atoms with van der Waals surface area (Å²) in [4.78, 5) is 12.9. The van der Waals surface area contributed by atoms with Gasteiger partial charge in [-0.05, 0) is 50.1 Å². The fraction of sp³-hybridized carbons (Fsp3) is 0.333. The first kappa shape index (κ1) is 23.8. The van der Waals surface area contributed by atoms with Crippen molar-refractivity contribution in [2.45, 2.75) is 31.2 Å². The minimum absolute atomic E-state index is 0.00499. The molecule has 9 nitrogen and oxygen atoms in total. The molecular formula is C24H27N3O6S. The van der Waals surface area contributed by atoms with Gasteiger partial charge >= 0.3 is 0 Å². The molecule has 2 aromatic heterocycles. The third kappa shape index (κ3) is 5.07. The lowest BCUT2D eigenvalue weighted by Gasteiger charge is -2.31. The van der Waals surface area contributed by atoms with Crippen LogP contribution < -0.4 is 10.1 Å². The number of para-hydroxylation sites is 1. The molecule has 0 bridgehead atoms. The zero-order valence-corrected chi connectivity index (χ0v) is 19.9. The minimum atomic E-state index is -3.92. The molecule has 0 aliphatic carbocycles. The third-order valence-electron chi connectivity index (χ3n) is 5.77. The topological polar surface area (TPSA) is 115 Å². The van der Waals surface area contributed by atoms with Crippen LogP contribution in [0.2, 0.25) is 0 Å². The van der Waals surface area contributed by atoms with Gasteiger partial charge in [0.15, 0.2) is 10.7 Å². The number of carbonyl (C=O) groups excluding carboxylic acids is 1. The van der Waals surface area contributed by atoms with Gasteiger partial charge < -0.3 is 19.0 Å². The summed E-state index contributed by atoms with van der Waals surface area (Å²) in [6.07, 6.45) is 5.84. The number of sulfonamides is 1. The van der Waals surface area contributed by atoms with Gasteiger partial charge in [-0.2, -0.15) is 4.31 Å². The molecule has 1 saturated heterocycles. The lowest BCUT2D eigenvalue weighted by Crippen LogP contribution is -2.45. The number of rotatable bonds is 8. The third-order valence-corrected chi connectivity index (χ3v) is 7.80. The van der Waals surface area contributed by atoms with Crippen molar-refractivity contribution in [1.29, 1.82) is 0 Å². The van der Waals surface area contributed by atoms with Crippen LogP contribution in [0.3, 0.4) is 0 Å². The smallest absolute Gasteiger partial charge is 0.248 e. The van der Waals surface area contributed by atoms with E-state index in [1.54, 1.807) is 32.2 Å². The second kappa shape index (κ2) is 10.3. The summed E-state index contributed by atoms with van der Waals surface area (Å²) >= 11 is 0. The van der Waals surface area contributed by atoms with Crippen LogP contribution in [0, 0.1) is 12.8 Å².